The van der Waals surface area contributed by atoms with Crippen LogP contribution in [0.4, 0.5) is 5.13 Å². The lowest BCUT2D eigenvalue weighted by Gasteiger charge is -2.21. The van der Waals surface area contributed by atoms with Crippen LogP contribution in [-0.2, 0) is 4.79 Å². The fourth-order valence-electron chi connectivity index (χ4n) is 1.93. The highest BCUT2D eigenvalue weighted by atomic mass is 32.1. The van der Waals surface area contributed by atoms with Crippen LogP contribution in [0.25, 0.3) is 0 Å². The van der Waals surface area contributed by atoms with Crippen LogP contribution in [0, 0.1) is 12.8 Å². The molecular formula is C16H19N3O2S. The van der Waals surface area contributed by atoms with E-state index in [-0.39, 0.29) is 17.7 Å². The second-order valence-corrected chi connectivity index (χ2v) is 6.28. The van der Waals surface area contributed by atoms with E-state index in [1.807, 2.05) is 32.9 Å². The molecule has 1 aromatic carbocycles. The first kappa shape index (κ1) is 16.2. The summed E-state index contributed by atoms with van der Waals surface area (Å²) in [6, 6.07) is 6.63. The van der Waals surface area contributed by atoms with E-state index in [4.69, 9.17) is 0 Å². The maximum absolute atomic E-state index is 12.3. The molecule has 1 atom stereocenters. The Morgan fingerprint density at radius 1 is 1.18 bits per heavy atom. The maximum Gasteiger partial charge on any atom is 0.251 e. The normalized spacial score (nSPS) is 12.0. The number of thiazole rings is 1. The zero-order valence-electron chi connectivity index (χ0n) is 12.8. The molecule has 0 fully saturated rings. The largest absolute Gasteiger partial charge is 0.340 e. The van der Waals surface area contributed by atoms with Crippen molar-refractivity contribution in [3.63, 3.8) is 0 Å². The Morgan fingerprint density at radius 2 is 1.86 bits per heavy atom. The molecule has 1 heterocycles. The molecule has 0 saturated carbocycles. The lowest BCUT2D eigenvalue weighted by molar-refractivity contribution is -0.118. The van der Waals surface area contributed by atoms with Gasteiger partial charge < -0.3 is 10.6 Å². The number of hydrogen-bond donors (Lipinski definition) is 2. The third-order valence-electron chi connectivity index (χ3n) is 3.21. The van der Waals surface area contributed by atoms with Gasteiger partial charge in [-0.05, 0) is 25.0 Å². The lowest BCUT2D eigenvalue weighted by Crippen LogP contribution is -2.47. The van der Waals surface area contributed by atoms with Crippen molar-refractivity contribution in [1.29, 1.82) is 0 Å². The van der Waals surface area contributed by atoms with Crippen LogP contribution in [0.5, 0.6) is 0 Å². The fourth-order valence-corrected chi connectivity index (χ4v) is 2.46. The Labute approximate surface area is 133 Å². The number of amides is 2. The summed E-state index contributed by atoms with van der Waals surface area (Å²) in [4.78, 5) is 28.6. The molecule has 2 N–H and O–H groups in total. The van der Waals surface area contributed by atoms with Gasteiger partial charge in [-0.25, -0.2) is 4.98 Å². The van der Waals surface area contributed by atoms with Crippen molar-refractivity contribution in [2.75, 3.05) is 5.32 Å². The molecule has 0 saturated heterocycles. The number of rotatable bonds is 5. The summed E-state index contributed by atoms with van der Waals surface area (Å²) in [6.45, 7) is 5.74. The van der Waals surface area contributed by atoms with E-state index in [9.17, 15) is 9.59 Å². The molecular weight excluding hydrogens is 298 g/mol. The number of anilines is 1. The molecule has 0 bridgehead atoms. The van der Waals surface area contributed by atoms with E-state index in [2.05, 4.69) is 15.6 Å². The van der Waals surface area contributed by atoms with Gasteiger partial charge >= 0.3 is 0 Å². The third-order valence-corrected chi connectivity index (χ3v) is 3.90. The summed E-state index contributed by atoms with van der Waals surface area (Å²) in [6.07, 6.45) is 1.62. The first-order chi connectivity index (χ1) is 10.5. The van der Waals surface area contributed by atoms with Gasteiger partial charge in [0.2, 0.25) is 5.91 Å². The first-order valence-electron chi connectivity index (χ1n) is 7.05. The van der Waals surface area contributed by atoms with Gasteiger partial charge in [0.15, 0.2) is 5.13 Å². The summed E-state index contributed by atoms with van der Waals surface area (Å²) in [5, 5.41) is 7.82. The SMILES string of the molecule is Cc1ccc(C(=O)NC(C(=O)Nc2nccs2)C(C)C)cc1. The van der Waals surface area contributed by atoms with Gasteiger partial charge in [0.05, 0.1) is 0 Å². The summed E-state index contributed by atoms with van der Waals surface area (Å²) in [5.74, 6) is -0.548. The molecule has 22 heavy (non-hydrogen) atoms. The molecule has 0 aliphatic rings. The number of hydrogen-bond acceptors (Lipinski definition) is 4. The molecule has 1 aromatic heterocycles. The monoisotopic (exact) mass is 317 g/mol. The minimum absolute atomic E-state index is 0.0330. The number of aromatic nitrogens is 1. The molecule has 0 spiro atoms. The molecule has 0 radical (unpaired) electrons. The van der Waals surface area contributed by atoms with Crippen LogP contribution in [0.3, 0.4) is 0 Å². The average Bonchev–Trinajstić information content (AvgIpc) is 2.97. The molecule has 116 valence electrons. The van der Waals surface area contributed by atoms with E-state index >= 15 is 0 Å². The van der Waals surface area contributed by atoms with Gasteiger partial charge in [-0.1, -0.05) is 31.5 Å². The molecule has 5 nitrogen and oxygen atoms in total. The van der Waals surface area contributed by atoms with Crippen molar-refractivity contribution in [2.24, 2.45) is 5.92 Å². The van der Waals surface area contributed by atoms with Crippen molar-refractivity contribution in [2.45, 2.75) is 26.8 Å². The smallest absolute Gasteiger partial charge is 0.251 e. The maximum atomic E-state index is 12.3. The zero-order valence-corrected chi connectivity index (χ0v) is 13.6. The van der Waals surface area contributed by atoms with Crippen LogP contribution in [-0.4, -0.2) is 22.8 Å². The second-order valence-electron chi connectivity index (χ2n) is 5.39. The van der Waals surface area contributed by atoms with Crippen molar-refractivity contribution in [3.8, 4) is 0 Å². The van der Waals surface area contributed by atoms with Crippen LogP contribution < -0.4 is 10.6 Å². The highest BCUT2D eigenvalue weighted by molar-refractivity contribution is 7.13. The van der Waals surface area contributed by atoms with Crippen molar-refractivity contribution in [3.05, 3.63) is 47.0 Å². The number of nitrogens with one attached hydrogen (secondary N) is 2. The highest BCUT2D eigenvalue weighted by Gasteiger charge is 2.25. The number of carbonyl (C=O) groups is 2. The van der Waals surface area contributed by atoms with Gasteiger partial charge in [0.1, 0.15) is 6.04 Å². The fraction of sp³-hybridized carbons (Fsp3) is 0.312. The molecule has 2 aromatic rings. The Morgan fingerprint density at radius 3 is 2.41 bits per heavy atom. The van der Waals surface area contributed by atoms with E-state index in [0.717, 1.165) is 5.56 Å². The Kier molecular flexibility index (Phi) is 5.27. The van der Waals surface area contributed by atoms with Crippen LogP contribution >= 0.6 is 11.3 Å². The van der Waals surface area contributed by atoms with Gasteiger partial charge in [-0.15, -0.1) is 11.3 Å². The van der Waals surface area contributed by atoms with E-state index in [1.54, 1.807) is 23.7 Å². The Balaban J connectivity index is 2.06. The molecule has 1 unspecified atom stereocenters. The third kappa shape index (κ3) is 4.14. The van der Waals surface area contributed by atoms with Gasteiger partial charge in [0.25, 0.3) is 5.91 Å². The number of carbonyl (C=O) groups excluding carboxylic acids is 2. The Hall–Kier alpha value is -2.21. The van der Waals surface area contributed by atoms with Crippen LogP contribution in [0.15, 0.2) is 35.8 Å². The summed E-state index contributed by atoms with van der Waals surface area (Å²) < 4.78 is 0. The van der Waals surface area contributed by atoms with Crippen molar-refractivity contribution in [1.82, 2.24) is 10.3 Å². The van der Waals surface area contributed by atoms with Crippen molar-refractivity contribution < 1.29 is 9.59 Å². The van der Waals surface area contributed by atoms with Crippen LogP contribution in [0.2, 0.25) is 0 Å². The minimum Gasteiger partial charge on any atom is -0.340 e. The number of nitrogens with zero attached hydrogens (tertiary/aromatic N) is 1. The summed E-state index contributed by atoms with van der Waals surface area (Å²) in [7, 11) is 0. The van der Waals surface area contributed by atoms with E-state index in [0.29, 0.717) is 10.7 Å². The molecule has 0 aliphatic heterocycles. The lowest BCUT2D eigenvalue weighted by atomic mass is 10.0. The van der Waals surface area contributed by atoms with Gasteiger partial charge in [-0.2, -0.15) is 0 Å². The minimum atomic E-state index is -0.613. The van der Waals surface area contributed by atoms with Crippen molar-refractivity contribution >= 4 is 28.3 Å². The predicted octanol–water partition coefficient (Wildman–Crippen LogP) is 2.84. The highest BCUT2D eigenvalue weighted by Crippen LogP contribution is 2.13. The van der Waals surface area contributed by atoms with Gasteiger partial charge in [-0.3, -0.25) is 9.59 Å². The number of benzene rings is 1. The summed E-state index contributed by atoms with van der Waals surface area (Å²) >= 11 is 1.34. The first-order valence-corrected chi connectivity index (χ1v) is 7.93. The van der Waals surface area contributed by atoms with E-state index in [1.165, 1.54) is 11.3 Å². The average molecular weight is 317 g/mol. The van der Waals surface area contributed by atoms with Crippen LogP contribution in [0.1, 0.15) is 29.8 Å². The topological polar surface area (TPSA) is 71.1 Å². The number of aryl methyl sites for hydroxylation is 1. The predicted molar refractivity (Wildman–Crippen MR) is 88.0 cm³/mol. The molecule has 2 amide bonds. The Bertz CT molecular complexity index is 636. The summed E-state index contributed by atoms with van der Waals surface area (Å²) in [5.41, 5.74) is 1.62. The zero-order chi connectivity index (χ0) is 16.1. The second kappa shape index (κ2) is 7.17. The molecule has 0 aliphatic carbocycles. The van der Waals surface area contributed by atoms with E-state index < -0.39 is 6.04 Å². The van der Waals surface area contributed by atoms with Gasteiger partial charge in [0, 0.05) is 17.1 Å². The quantitative estimate of drug-likeness (QED) is 0.891. The standard InChI is InChI=1S/C16H19N3O2S/c1-10(2)13(15(21)19-16-17-8-9-22-16)18-14(20)12-6-4-11(3)5-7-12/h4-10,13H,1-3H3,(H,18,20)(H,17,19,21). The molecule has 2 rings (SSSR count). The molecule has 6 heteroatoms.